The SMILES string of the molecule is COc1ccc(Sc2cc(C)nc(C)c2C(=N)N)cc1. The summed E-state index contributed by atoms with van der Waals surface area (Å²) >= 11 is 1.57. The maximum absolute atomic E-state index is 7.72. The molecule has 0 aliphatic heterocycles. The predicted octanol–water partition coefficient (Wildman–Crippen LogP) is 3.14. The van der Waals surface area contributed by atoms with Crippen LogP contribution in [-0.2, 0) is 0 Å². The van der Waals surface area contributed by atoms with E-state index < -0.39 is 0 Å². The maximum atomic E-state index is 7.72. The van der Waals surface area contributed by atoms with Gasteiger partial charge in [-0.1, -0.05) is 11.8 Å². The Bertz CT molecular complexity index is 638. The first-order valence-electron chi connectivity index (χ1n) is 6.16. The van der Waals surface area contributed by atoms with Gasteiger partial charge in [-0.25, -0.2) is 0 Å². The van der Waals surface area contributed by atoms with E-state index in [0.717, 1.165) is 26.9 Å². The Labute approximate surface area is 122 Å². The summed E-state index contributed by atoms with van der Waals surface area (Å²) in [5, 5.41) is 7.72. The molecular weight excluding hydrogens is 270 g/mol. The van der Waals surface area contributed by atoms with Gasteiger partial charge < -0.3 is 10.5 Å². The Balaban J connectivity index is 2.39. The van der Waals surface area contributed by atoms with Gasteiger partial charge in [-0.05, 0) is 44.2 Å². The van der Waals surface area contributed by atoms with Crippen LogP contribution < -0.4 is 10.5 Å². The van der Waals surface area contributed by atoms with E-state index in [1.54, 1.807) is 18.9 Å². The molecule has 0 saturated carbocycles. The minimum Gasteiger partial charge on any atom is -0.497 e. The monoisotopic (exact) mass is 287 g/mol. The number of nitrogens with zero attached hydrogens (tertiary/aromatic N) is 1. The second-order valence-electron chi connectivity index (χ2n) is 4.41. The second kappa shape index (κ2) is 5.96. The van der Waals surface area contributed by atoms with Gasteiger partial charge in [-0.3, -0.25) is 10.4 Å². The van der Waals surface area contributed by atoms with E-state index in [2.05, 4.69) is 4.98 Å². The normalized spacial score (nSPS) is 10.3. The van der Waals surface area contributed by atoms with Crippen molar-refractivity contribution in [2.45, 2.75) is 23.6 Å². The van der Waals surface area contributed by atoms with Crippen molar-refractivity contribution in [1.82, 2.24) is 4.98 Å². The van der Waals surface area contributed by atoms with Gasteiger partial charge in [0.25, 0.3) is 0 Å². The van der Waals surface area contributed by atoms with Crippen molar-refractivity contribution in [3.63, 3.8) is 0 Å². The number of ether oxygens (including phenoxy) is 1. The summed E-state index contributed by atoms with van der Waals surface area (Å²) in [5.74, 6) is 0.870. The van der Waals surface area contributed by atoms with Crippen LogP contribution in [0, 0.1) is 19.3 Å². The smallest absolute Gasteiger partial charge is 0.125 e. The van der Waals surface area contributed by atoms with Crippen LogP contribution in [0.5, 0.6) is 5.75 Å². The van der Waals surface area contributed by atoms with Crippen molar-refractivity contribution in [1.29, 1.82) is 5.41 Å². The van der Waals surface area contributed by atoms with Gasteiger partial charge in [0.1, 0.15) is 11.6 Å². The predicted molar refractivity (Wildman–Crippen MR) is 81.8 cm³/mol. The topological polar surface area (TPSA) is 72.0 Å². The van der Waals surface area contributed by atoms with E-state index in [-0.39, 0.29) is 5.84 Å². The van der Waals surface area contributed by atoms with Crippen molar-refractivity contribution < 1.29 is 4.74 Å². The van der Waals surface area contributed by atoms with Gasteiger partial charge in [-0.2, -0.15) is 0 Å². The second-order valence-corrected chi connectivity index (χ2v) is 5.53. The standard InChI is InChI=1S/C15H17N3OS/c1-9-8-13(14(15(16)17)10(2)18-9)20-12-6-4-11(19-3)5-7-12/h4-8H,1-3H3,(H3,16,17). The molecule has 0 aliphatic rings. The Hall–Kier alpha value is -2.01. The molecule has 0 fully saturated rings. The largest absolute Gasteiger partial charge is 0.497 e. The molecular formula is C15H17N3OS. The number of rotatable bonds is 4. The fourth-order valence-corrected chi connectivity index (χ4v) is 3.09. The minimum atomic E-state index is 0.0472. The van der Waals surface area contributed by atoms with E-state index in [9.17, 15) is 0 Å². The number of aryl methyl sites for hydroxylation is 2. The molecule has 1 aromatic heterocycles. The van der Waals surface area contributed by atoms with Crippen molar-refractivity contribution in [2.24, 2.45) is 5.73 Å². The van der Waals surface area contributed by atoms with Crippen LogP contribution in [0.2, 0.25) is 0 Å². The zero-order valence-corrected chi connectivity index (χ0v) is 12.5. The number of hydrogen-bond acceptors (Lipinski definition) is 4. The third kappa shape index (κ3) is 3.11. The molecule has 0 radical (unpaired) electrons. The first kappa shape index (κ1) is 14.4. The molecule has 0 spiro atoms. The molecule has 0 unspecified atom stereocenters. The third-order valence-electron chi connectivity index (χ3n) is 2.85. The maximum Gasteiger partial charge on any atom is 0.125 e. The number of hydrogen-bond donors (Lipinski definition) is 2. The van der Waals surface area contributed by atoms with E-state index in [1.165, 1.54) is 0 Å². The van der Waals surface area contributed by atoms with E-state index in [1.807, 2.05) is 44.2 Å². The van der Waals surface area contributed by atoms with Crippen LogP contribution in [0.15, 0.2) is 40.1 Å². The van der Waals surface area contributed by atoms with Crippen molar-refractivity contribution in [3.05, 3.63) is 47.3 Å². The Kier molecular flexibility index (Phi) is 4.29. The number of benzene rings is 1. The van der Waals surface area contributed by atoms with Gasteiger partial charge in [0.15, 0.2) is 0 Å². The Morgan fingerprint density at radius 2 is 1.90 bits per heavy atom. The zero-order chi connectivity index (χ0) is 14.7. The average Bonchev–Trinajstić information content (AvgIpc) is 2.38. The molecule has 4 nitrogen and oxygen atoms in total. The molecule has 2 aromatic rings. The lowest BCUT2D eigenvalue weighted by molar-refractivity contribution is 0.414. The Morgan fingerprint density at radius 3 is 2.45 bits per heavy atom. The van der Waals surface area contributed by atoms with Gasteiger partial charge >= 0.3 is 0 Å². The van der Waals surface area contributed by atoms with Crippen LogP contribution in [0.25, 0.3) is 0 Å². The summed E-state index contributed by atoms with van der Waals surface area (Å²) in [4.78, 5) is 6.39. The number of aromatic nitrogens is 1. The highest BCUT2D eigenvalue weighted by Gasteiger charge is 2.12. The van der Waals surface area contributed by atoms with Crippen molar-refractivity contribution in [2.75, 3.05) is 7.11 Å². The van der Waals surface area contributed by atoms with Crippen LogP contribution in [0.4, 0.5) is 0 Å². The molecule has 0 saturated heterocycles. The highest BCUT2D eigenvalue weighted by molar-refractivity contribution is 7.99. The van der Waals surface area contributed by atoms with Crippen LogP contribution >= 0.6 is 11.8 Å². The molecule has 0 atom stereocenters. The molecule has 5 heteroatoms. The fraction of sp³-hybridized carbons (Fsp3) is 0.200. The number of nitrogens with two attached hydrogens (primary N) is 1. The molecule has 3 N–H and O–H groups in total. The number of pyridine rings is 1. The summed E-state index contributed by atoms with van der Waals surface area (Å²) in [6, 6.07) is 9.75. The number of amidine groups is 1. The lowest BCUT2D eigenvalue weighted by Gasteiger charge is -2.12. The molecule has 2 rings (SSSR count). The summed E-state index contributed by atoms with van der Waals surface area (Å²) in [7, 11) is 1.64. The van der Waals surface area contributed by atoms with Crippen molar-refractivity contribution >= 4 is 17.6 Å². The van der Waals surface area contributed by atoms with E-state index >= 15 is 0 Å². The summed E-state index contributed by atoms with van der Waals surface area (Å²) in [6.45, 7) is 3.82. The van der Waals surface area contributed by atoms with Gasteiger partial charge in [0.2, 0.25) is 0 Å². The molecule has 0 bridgehead atoms. The first-order valence-corrected chi connectivity index (χ1v) is 6.97. The molecule has 20 heavy (non-hydrogen) atoms. The van der Waals surface area contributed by atoms with Crippen LogP contribution in [-0.4, -0.2) is 17.9 Å². The number of nitrogen functional groups attached to an aromatic ring is 1. The Morgan fingerprint density at radius 1 is 1.25 bits per heavy atom. The molecule has 1 aromatic carbocycles. The highest BCUT2D eigenvalue weighted by Crippen LogP contribution is 2.32. The quantitative estimate of drug-likeness (QED) is 0.669. The summed E-state index contributed by atoms with van der Waals surface area (Å²) in [5.41, 5.74) is 8.09. The fourth-order valence-electron chi connectivity index (χ4n) is 1.97. The first-order chi connectivity index (χ1) is 9.51. The lowest BCUT2D eigenvalue weighted by Crippen LogP contribution is -2.15. The zero-order valence-electron chi connectivity index (χ0n) is 11.7. The van der Waals surface area contributed by atoms with E-state index in [0.29, 0.717) is 5.56 Å². The third-order valence-corrected chi connectivity index (χ3v) is 3.90. The molecule has 0 aliphatic carbocycles. The summed E-state index contributed by atoms with van der Waals surface area (Å²) < 4.78 is 5.15. The lowest BCUT2D eigenvalue weighted by atomic mass is 10.1. The van der Waals surface area contributed by atoms with Gasteiger partial charge in [-0.15, -0.1) is 0 Å². The number of nitrogens with one attached hydrogen (secondary N) is 1. The number of methoxy groups -OCH3 is 1. The van der Waals surface area contributed by atoms with E-state index in [4.69, 9.17) is 15.9 Å². The van der Waals surface area contributed by atoms with Gasteiger partial charge in [0.05, 0.1) is 12.7 Å². The van der Waals surface area contributed by atoms with Crippen LogP contribution in [0.3, 0.4) is 0 Å². The van der Waals surface area contributed by atoms with Crippen LogP contribution in [0.1, 0.15) is 17.0 Å². The molecule has 0 amide bonds. The molecule has 1 heterocycles. The van der Waals surface area contributed by atoms with Crippen molar-refractivity contribution in [3.8, 4) is 5.75 Å². The van der Waals surface area contributed by atoms with Gasteiger partial charge in [0, 0.05) is 21.2 Å². The summed E-state index contributed by atoms with van der Waals surface area (Å²) in [6.07, 6.45) is 0. The molecule has 104 valence electrons. The highest BCUT2D eigenvalue weighted by atomic mass is 32.2. The average molecular weight is 287 g/mol. The minimum absolute atomic E-state index is 0.0472.